The van der Waals surface area contributed by atoms with Gasteiger partial charge >= 0.3 is 0 Å². The third kappa shape index (κ3) is 4.66. The van der Waals surface area contributed by atoms with Crippen LogP contribution in [0.5, 0.6) is 0 Å². The molecule has 1 saturated carbocycles. The summed E-state index contributed by atoms with van der Waals surface area (Å²) in [5.41, 5.74) is -1.10. The molecule has 4 nitrogen and oxygen atoms in total. The van der Waals surface area contributed by atoms with Crippen molar-refractivity contribution in [3.63, 3.8) is 0 Å². The van der Waals surface area contributed by atoms with Gasteiger partial charge in [0.05, 0.1) is 0 Å². The summed E-state index contributed by atoms with van der Waals surface area (Å²) >= 11 is 0. The van der Waals surface area contributed by atoms with Crippen LogP contribution in [0.2, 0.25) is 0 Å². The van der Waals surface area contributed by atoms with Crippen LogP contribution in [0.3, 0.4) is 0 Å². The van der Waals surface area contributed by atoms with Gasteiger partial charge in [-0.25, -0.2) is 0 Å². The van der Waals surface area contributed by atoms with E-state index in [1.807, 2.05) is 26.8 Å². The fourth-order valence-electron chi connectivity index (χ4n) is 2.86. The van der Waals surface area contributed by atoms with E-state index in [4.69, 9.17) is 0 Å². The highest BCUT2D eigenvalue weighted by molar-refractivity contribution is 5.91. The SMILES string of the molecule is C=CC1CCCCC(NC(C)=O)(C(=O)NC(C)(C)C)C1. The Morgan fingerprint density at radius 1 is 1.30 bits per heavy atom. The number of nitrogens with one attached hydrogen (secondary N) is 2. The average Bonchev–Trinajstić information content (AvgIpc) is 2.49. The van der Waals surface area contributed by atoms with Gasteiger partial charge in [0, 0.05) is 12.5 Å². The van der Waals surface area contributed by atoms with E-state index in [1.165, 1.54) is 6.92 Å². The minimum Gasteiger partial charge on any atom is -0.349 e. The van der Waals surface area contributed by atoms with Crippen molar-refractivity contribution in [2.45, 2.75) is 70.9 Å². The molecule has 0 bridgehead atoms. The van der Waals surface area contributed by atoms with Crippen molar-refractivity contribution in [2.24, 2.45) is 5.92 Å². The Labute approximate surface area is 122 Å². The summed E-state index contributed by atoms with van der Waals surface area (Å²) in [7, 11) is 0. The van der Waals surface area contributed by atoms with Gasteiger partial charge in [-0.3, -0.25) is 9.59 Å². The van der Waals surface area contributed by atoms with Crippen LogP contribution in [0, 0.1) is 5.92 Å². The fourth-order valence-corrected chi connectivity index (χ4v) is 2.86. The van der Waals surface area contributed by atoms with Gasteiger partial charge in [-0.05, 0) is 46.0 Å². The summed E-state index contributed by atoms with van der Waals surface area (Å²) in [6, 6.07) is 0. The van der Waals surface area contributed by atoms with Crippen molar-refractivity contribution in [1.82, 2.24) is 10.6 Å². The number of rotatable bonds is 3. The maximum absolute atomic E-state index is 12.7. The lowest BCUT2D eigenvalue weighted by Crippen LogP contribution is -2.61. The molecule has 2 N–H and O–H groups in total. The van der Waals surface area contributed by atoms with Crippen molar-refractivity contribution in [1.29, 1.82) is 0 Å². The van der Waals surface area contributed by atoms with Crippen LogP contribution in [-0.4, -0.2) is 22.9 Å². The average molecular weight is 280 g/mol. The van der Waals surface area contributed by atoms with Crippen molar-refractivity contribution in [3.05, 3.63) is 12.7 Å². The lowest BCUT2D eigenvalue weighted by molar-refractivity contribution is -0.135. The lowest BCUT2D eigenvalue weighted by Gasteiger charge is -2.36. The summed E-state index contributed by atoms with van der Waals surface area (Å²) in [6.07, 6.45) is 6.29. The number of allylic oxidation sites excluding steroid dienone is 1. The van der Waals surface area contributed by atoms with Gasteiger partial charge in [0.15, 0.2) is 0 Å². The molecule has 1 aliphatic carbocycles. The molecule has 2 unspecified atom stereocenters. The van der Waals surface area contributed by atoms with Gasteiger partial charge in [0.2, 0.25) is 11.8 Å². The maximum atomic E-state index is 12.7. The summed E-state index contributed by atoms with van der Waals surface area (Å²) < 4.78 is 0. The highest BCUT2D eigenvalue weighted by atomic mass is 16.2. The zero-order valence-corrected chi connectivity index (χ0v) is 13.2. The van der Waals surface area contributed by atoms with Crippen LogP contribution in [0.4, 0.5) is 0 Å². The third-order valence-electron chi connectivity index (χ3n) is 3.71. The van der Waals surface area contributed by atoms with Gasteiger partial charge in [-0.1, -0.05) is 18.9 Å². The quantitative estimate of drug-likeness (QED) is 0.616. The molecule has 0 radical (unpaired) electrons. The fraction of sp³-hybridized carbons (Fsp3) is 0.750. The smallest absolute Gasteiger partial charge is 0.246 e. The minimum absolute atomic E-state index is 0.0750. The van der Waals surface area contributed by atoms with E-state index in [2.05, 4.69) is 17.2 Å². The van der Waals surface area contributed by atoms with Crippen molar-refractivity contribution in [2.75, 3.05) is 0 Å². The van der Waals surface area contributed by atoms with Gasteiger partial charge in [0.1, 0.15) is 5.54 Å². The van der Waals surface area contributed by atoms with E-state index in [0.717, 1.165) is 19.3 Å². The molecule has 114 valence electrons. The highest BCUT2D eigenvalue weighted by Crippen LogP contribution is 2.32. The van der Waals surface area contributed by atoms with E-state index in [9.17, 15) is 9.59 Å². The molecule has 20 heavy (non-hydrogen) atoms. The first-order chi connectivity index (χ1) is 9.18. The molecular weight excluding hydrogens is 252 g/mol. The Balaban J connectivity index is 3.03. The van der Waals surface area contributed by atoms with Crippen molar-refractivity contribution < 1.29 is 9.59 Å². The second kappa shape index (κ2) is 6.42. The highest BCUT2D eigenvalue weighted by Gasteiger charge is 2.42. The molecule has 0 heterocycles. The first-order valence-corrected chi connectivity index (χ1v) is 7.42. The molecule has 1 rings (SSSR count). The zero-order chi connectivity index (χ0) is 15.4. The molecule has 0 spiro atoms. The topological polar surface area (TPSA) is 58.2 Å². The molecule has 2 amide bonds. The summed E-state index contributed by atoms with van der Waals surface area (Å²) in [6.45, 7) is 11.2. The Bertz CT molecular complexity index is 384. The summed E-state index contributed by atoms with van der Waals surface area (Å²) in [5, 5.41) is 5.94. The normalized spacial score (nSPS) is 27.3. The Hall–Kier alpha value is -1.32. The van der Waals surface area contributed by atoms with Crippen LogP contribution < -0.4 is 10.6 Å². The number of carbonyl (C=O) groups excluding carboxylic acids is 2. The minimum atomic E-state index is -0.797. The number of hydrogen-bond acceptors (Lipinski definition) is 2. The van der Waals surface area contributed by atoms with E-state index < -0.39 is 5.54 Å². The van der Waals surface area contributed by atoms with Crippen LogP contribution in [0.25, 0.3) is 0 Å². The summed E-state index contributed by atoms with van der Waals surface area (Å²) in [4.78, 5) is 24.3. The Kier molecular flexibility index (Phi) is 5.37. The first-order valence-electron chi connectivity index (χ1n) is 7.42. The molecular formula is C16H28N2O2. The molecule has 2 atom stereocenters. The molecule has 1 fully saturated rings. The van der Waals surface area contributed by atoms with Crippen LogP contribution in [-0.2, 0) is 9.59 Å². The van der Waals surface area contributed by atoms with Crippen LogP contribution in [0.1, 0.15) is 59.8 Å². The molecule has 4 heteroatoms. The number of carbonyl (C=O) groups is 2. The third-order valence-corrected chi connectivity index (χ3v) is 3.71. The van der Waals surface area contributed by atoms with Crippen LogP contribution in [0.15, 0.2) is 12.7 Å². The van der Waals surface area contributed by atoms with E-state index >= 15 is 0 Å². The Morgan fingerprint density at radius 2 is 1.95 bits per heavy atom. The molecule has 1 aliphatic rings. The van der Waals surface area contributed by atoms with Crippen molar-refractivity contribution >= 4 is 11.8 Å². The van der Waals surface area contributed by atoms with Crippen LogP contribution >= 0.6 is 0 Å². The van der Waals surface area contributed by atoms with Gasteiger partial charge < -0.3 is 10.6 Å². The zero-order valence-electron chi connectivity index (χ0n) is 13.2. The maximum Gasteiger partial charge on any atom is 0.246 e. The standard InChI is InChI=1S/C16H28N2O2/c1-6-13-9-7-8-10-16(11-13,17-12(2)19)14(20)18-15(3,4)5/h6,13H,1,7-11H2,2-5H3,(H,17,19)(H,18,20). The van der Waals surface area contributed by atoms with Gasteiger partial charge in [-0.15, -0.1) is 6.58 Å². The monoisotopic (exact) mass is 280 g/mol. The molecule has 0 aromatic heterocycles. The van der Waals surface area contributed by atoms with E-state index in [0.29, 0.717) is 12.8 Å². The van der Waals surface area contributed by atoms with Gasteiger partial charge in [0.25, 0.3) is 0 Å². The van der Waals surface area contributed by atoms with Gasteiger partial charge in [-0.2, -0.15) is 0 Å². The van der Waals surface area contributed by atoms with E-state index in [-0.39, 0.29) is 23.3 Å². The molecule has 0 saturated heterocycles. The second-order valence-corrected chi connectivity index (χ2v) is 6.91. The Morgan fingerprint density at radius 3 is 2.45 bits per heavy atom. The number of amides is 2. The molecule has 0 aromatic rings. The lowest BCUT2D eigenvalue weighted by atomic mass is 9.84. The largest absolute Gasteiger partial charge is 0.349 e. The van der Waals surface area contributed by atoms with E-state index in [1.54, 1.807) is 0 Å². The molecule has 0 aliphatic heterocycles. The first kappa shape index (κ1) is 16.7. The second-order valence-electron chi connectivity index (χ2n) is 6.91. The predicted molar refractivity (Wildman–Crippen MR) is 81.2 cm³/mol. The van der Waals surface area contributed by atoms with Crippen molar-refractivity contribution in [3.8, 4) is 0 Å². The number of hydrogen-bond donors (Lipinski definition) is 2. The molecule has 0 aromatic carbocycles. The predicted octanol–water partition coefficient (Wildman–Crippen LogP) is 2.54. The summed E-state index contributed by atoms with van der Waals surface area (Å²) in [5.74, 6) is 0.0442.